The fourth-order valence-corrected chi connectivity index (χ4v) is 2.64. The minimum Gasteiger partial charge on any atom is -0.481 e. The number of nitrogens with zero attached hydrogens (tertiary/aromatic N) is 1. The summed E-state index contributed by atoms with van der Waals surface area (Å²) < 4.78 is 0.653. The van der Waals surface area contributed by atoms with E-state index >= 15 is 0 Å². The van der Waals surface area contributed by atoms with Crippen molar-refractivity contribution >= 4 is 27.8 Å². The van der Waals surface area contributed by atoms with Crippen molar-refractivity contribution < 1.29 is 14.7 Å². The number of pyridine rings is 1. The maximum atomic E-state index is 12.1. The Kier molecular flexibility index (Phi) is 3.89. The number of hydrogen-bond acceptors (Lipinski definition) is 3. The number of carboxylic acids is 1. The summed E-state index contributed by atoms with van der Waals surface area (Å²) in [6.45, 7) is 1.69. The minimum absolute atomic E-state index is 0.278. The lowest BCUT2D eigenvalue weighted by Crippen LogP contribution is -2.47. The predicted molar refractivity (Wildman–Crippen MR) is 72.8 cm³/mol. The van der Waals surface area contributed by atoms with Crippen molar-refractivity contribution in [2.75, 3.05) is 0 Å². The number of carbonyl (C=O) groups excluding carboxylic acids is 1. The Hall–Kier alpha value is -1.43. The Bertz CT molecular complexity index is 503. The zero-order valence-corrected chi connectivity index (χ0v) is 12.1. The van der Waals surface area contributed by atoms with Gasteiger partial charge in [-0.3, -0.25) is 9.59 Å². The van der Waals surface area contributed by atoms with Crippen molar-refractivity contribution in [1.29, 1.82) is 0 Å². The summed E-state index contributed by atoms with van der Waals surface area (Å²) in [6, 6.07) is 3.00. The lowest BCUT2D eigenvalue weighted by Gasteiger charge is -2.27. The molecule has 2 N–H and O–H groups in total. The molecule has 1 amide bonds. The fraction of sp³-hybridized carbons (Fsp3) is 0.462. The Morgan fingerprint density at radius 3 is 2.84 bits per heavy atom. The molecule has 102 valence electrons. The SMILES string of the molecule is CC1(C(=O)O)CCCC1NC(=O)c1ccc(Br)nc1. The summed E-state index contributed by atoms with van der Waals surface area (Å²) in [5, 5.41) is 12.1. The molecule has 2 rings (SSSR count). The Morgan fingerprint density at radius 2 is 2.26 bits per heavy atom. The van der Waals surface area contributed by atoms with Crippen LogP contribution in [0.15, 0.2) is 22.9 Å². The molecule has 1 aromatic heterocycles. The highest BCUT2D eigenvalue weighted by atomic mass is 79.9. The van der Waals surface area contributed by atoms with Gasteiger partial charge in [0.05, 0.1) is 11.0 Å². The first-order valence-corrected chi connectivity index (χ1v) is 6.88. The number of halogens is 1. The summed E-state index contributed by atoms with van der Waals surface area (Å²) in [6.07, 6.45) is 3.56. The summed E-state index contributed by atoms with van der Waals surface area (Å²) in [4.78, 5) is 27.4. The number of nitrogens with one attached hydrogen (secondary N) is 1. The minimum atomic E-state index is -0.877. The Morgan fingerprint density at radius 1 is 1.53 bits per heavy atom. The zero-order valence-electron chi connectivity index (χ0n) is 10.5. The van der Waals surface area contributed by atoms with E-state index in [0.717, 1.165) is 6.42 Å². The van der Waals surface area contributed by atoms with Crippen LogP contribution < -0.4 is 5.32 Å². The third-order valence-electron chi connectivity index (χ3n) is 3.74. The van der Waals surface area contributed by atoms with Crippen LogP contribution in [0.3, 0.4) is 0 Å². The number of carbonyl (C=O) groups is 2. The third kappa shape index (κ3) is 2.78. The monoisotopic (exact) mass is 326 g/mol. The van der Waals surface area contributed by atoms with Gasteiger partial charge in [0.1, 0.15) is 4.60 Å². The van der Waals surface area contributed by atoms with Gasteiger partial charge < -0.3 is 10.4 Å². The van der Waals surface area contributed by atoms with E-state index in [-0.39, 0.29) is 11.9 Å². The molecule has 6 heteroatoms. The molecule has 5 nitrogen and oxygen atoms in total. The van der Waals surface area contributed by atoms with Crippen LogP contribution >= 0.6 is 15.9 Å². The Balaban J connectivity index is 2.10. The van der Waals surface area contributed by atoms with Crippen LogP contribution in [0.5, 0.6) is 0 Å². The molecular formula is C13H15BrN2O3. The number of carboxylic acid groups (broad SMARTS) is 1. The number of aliphatic carboxylic acids is 1. The van der Waals surface area contributed by atoms with Crippen molar-refractivity contribution in [3.05, 3.63) is 28.5 Å². The predicted octanol–water partition coefficient (Wildman–Crippen LogP) is 2.22. The van der Waals surface area contributed by atoms with Crippen LogP contribution in [0.4, 0.5) is 0 Å². The number of aromatic nitrogens is 1. The van der Waals surface area contributed by atoms with Crippen molar-refractivity contribution in [2.24, 2.45) is 5.41 Å². The first-order valence-electron chi connectivity index (χ1n) is 6.09. The Labute approximate surface area is 119 Å². The number of hydrogen-bond donors (Lipinski definition) is 2. The summed E-state index contributed by atoms with van der Waals surface area (Å²) >= 11 is 3.20. The highest BCUT2D eigenvalue weighted by Crippen LogP contribution is 2.38. The van der Waals surface area contributed by atoms with Crippen LogP contribution in [-0.4, -0.2) is 28.0 Å². The molecule has 1 heterocycles. The maximum Gasteiger partial charge on any atom is 0.311 e. The molecule has 2 unspecified atom stereocenters. The smallest absolute Gasteiger partial charge is 0.311 e. The van der Waals surface area contributed by atoms with Gasteiger partial charge in [-0.15, -0.1) is 0 Å². The lowest BCUT2D eigenvalue weighted by atomic mass is 9.85. The topological polar surface area (TPSA) is 79.3 Å². The highest BCUT2D eigenvalue weighted by Gasteiger charge is 2.45. The van der Waals surface area contributed by atoms with Gasteiger partial charge in [-0.25, -0.2) is 4.98 Å². The van der Waals surface area contributed by atoms with E-state index in [1.165, 1.54) is 6.20 Å². The van der Waals surface area contributed by atoms with Gasteiger partial charge in [-0.05, 0) is 47.8 Å². The number of amides is 1. The average Bonchev–Trinajstić information content (AvgIpc) is 2.73. The first-order chi connectivity index (χ1) is 8.93. The van der Waals surface area contributed by atoms with Gasteiger partial charge in [0.15, 0.2) is 0 Å². The van der Waals surface area contributed by atoms with Crippen molar-refractivity contribution in [1.82, 2.24) is 10.3 Å². The molecule has 19 heavy (non-hydrogen) atoms. The van der Waals surface area contributed by atoms with Crippen molar-refractivity contribution in [2.45, 2.75) is 32.2 Å². The molecule has 0 bridgehead atoms. The molecule has 2 atom stereocenters. The van der Waals surface area contributed by atoms with Crippen LogP contribution in [-0.2, 0) is 4.79 Å². The van der Waals surface area contributed by atoms with Crippen LogP contribution in [0.2, 0.25) is 0 Å². The molecule has 1 aliphatic rings. The van der Waals surface area contributed by atoms with Gasteiger partial charge in [-0.2, -0.15) is 0 Å². The van der Waals surface area contributed by atoms with E-state index in [4.69, 9.17) is 0 Å². The fourth-order valence-electron chi connectivity index (χ4n) is 2.41. The number of rotatable bonds is 3. The molecule has 1 aromatic rings. The zero-order chi connectivity index (χ0) is 14.0. The van der Waals surface area contributed by atoms with Crippen molar-refractivity contribution in [3.63, 3.8) is 0 Å². The second kappa shape index (κ2) is 5.28. The summed E-state index contributed by atoms with van der Waals surface area (Å²) in [5.74, 6) is -1.14. The van der Waals surface area contributed by atoms with Crippen LogP contribution in [0.25, 0.3) is 0 Å². The van der Waals surface area contributed by atoms with Gasteiger partial charge in [-0.1, -0.05) is 6.42 Å². The molecule has 0 saturated heterocycles. The largest absolute Gasteiger partial charge is 0.481 e. The van der Waals surface area contributed by atoms with Gasteiger partial charge in [0, 0.05) is 12.2 Å². The quantitative estimate of drug-likeness (QED) is 0.835. The summed E-state index contributed by atoms with van der Waals surface area (Å²) in [5.41, 5.74) is -0.443. The maximum absolute atomic E-state index is 12.1. The molecule has 0 aliphatic heterocycles. The van der Waals surface area contributed by atoms with Gasteiger partial charge in [0.25, 0.3) is 5.91 Å². The van der Waals surface area contributed by atoms with E-state index in [2.05, 4.69) is 26.2 Å². The van der Waals surface area contributed by atoms with Crippen LogP contribution in [0, 0.1) is 5.41 Å². The summed E-state index contributed by atoms with van der Waals surface area (Å²) in [7, 11) is 0. The highest BCUT2D eigenvalue weighted by molar-refractivity contribution is 9.10. The standard InChI is InChI=1S/C13H15BrN2O3/c1-13(12(18)19)6-2-3-9(13)16-11(17)8-4-5-10(14)15-7-8/h4-5,7,9H,2-3,6H2,1H3,(H,16,17)(H,18,19). The average molecular weight is 327 g/mol. The first kappa shape index (κ1) is 14.0. The van der Waals surface area contributed by atoms with E-state index in [9.17, 15) is 14.7 Å². The second-order valence-electron chi connectivity index (χ2n) is 5.01. The van der Waals surface area contributed by atoms with E-state index in [1.54, 1.807) is 19.1 Å². The van der Waals surface area contributed by atoms with Gasteiger partial charge in [0.2, 0.25) is 0 Å². The van der Waals surface area contributed by atoms with E-state index < -0.39 is 11.4 Å². The molecule has 0 aromatic carbocycles. The lowest BCUT2D eigenvalue weighted by molar-refractivity contribution is -0.148. The molecule has 1 fully saturated rings. The normalized spacial score (nSPS) is 26.1. The van der Waals surface area contributed by atoms with Crippen LogP contribution in [0.1, 0.15) is 36.5 Å². The van der Waals surface area contributed by atoms with Gasteiger partial charge >= 0.3 is 5.97 Å². The second-order valence-corrected chi connectivity index (χ2v) is 5.82. The van der Waals surface area contributed by atoms with E-state index in [0.29, 0.717) is 23.0 Å². The van der Waals surface area contributed by atoms with Crippen molar-refractivity contribution in [3.8, 4) is 0 Å². The van der Waals surface area contributed by atoms with E-state index in [1.807, 2.05) is 0 Å². The molecule has 0 radical (unpaired) electrons. The third-order valence-corrected chi connectivity index (χ3v) is 4.21. The molecule has 1 saturated carbocycles. The molecule has 1 aliphatic carbocycles. The molecule has 0 spiro atoms. The molecular weight excluding hydrogens is 312 g/mol.